The number of alkyl halides is 3. The first-order valence-electron chi connectivity index (χ1n) is 10.1. The summed E-state index contributed by atoms with van der Waals surface area (Å²) in [4.78, 5) is 28.1. The van der Waals surface area contributed by atoms with Gasteiger partial charge in [-0.3, -0.25) is 14.6 Å². The van der Waals surface area contributed by atoms with Crippen LogP contribution in [-0.2, 0) is 9.53 Å². The van der Waals surface area contributed by atoms with Gasteiger partial charge in [0.05, 0.1) is 8.48 Å². The molecule has 4 unspecified atom stereocenters. The molecule has 7 nitrogen and oxygen atoms in total. The Balaban J connectivity index is 2.10. The quantitative estimate of drug-likeness (QED) is 0.646. The molecule has 1 aliphatic heterocycles. The van der Waals surface area contributed by atoms with E-state index in [2.05, 4.69) is 10.3 Å². The number of nitrogens with one attached hydrogen (secondary N) is 1. The number of nitrogens with zero attached hydrogens (tertiary/aromatic N) is 1. The van der Waals surface area contributed by atoms with Crippen LogP contribution in [-0.4, -0.2) is 41.8 Å². The average molecular weight is 474 g/mol. The largest absolute Gasteiger partial charge is 0.493 e. The smallest absolute Gasteiger partial charge is 0.417 e. The van der Waals surface area contributed by atoms with Gasteiger partial charge in [0.2, 0.25) is 5.82 Å². The lowest BCUT2D eigenvalue weighted by Gasteiger charge is -2.32. The molecule has 3 rings (SSSR count). The molecular weight excluding hydrogens is 453 g/mol. The molecule has 1 saturated heterocycles. The Kier molecular flexibility index (Phi) is 5.95. The third kappa shape index (κ3) is 4.22. The maximum Gasteiger partial charge on any atom is 0.417 e. The van der Waals surface area contributed by atoms with Gasteiger partial charge in [0, 0.05) is 29.3 Å². The van der Waals surface area contributed by atoms with Crippen LogP contribution in [0.3, 0.4) is 0 Å². The Morgan fingerprint density at radius 2 is 2.00 bits per heavy atom. The zero-order valence-corrected chi connectivity index (χ0v) is 17.6. The first-order valence-corrected chi connectivity index (χ1v) is 9.56. The van der Waals surface area contributed by atoms with Crippen LogP contribution in [0.1, 0.15) is 37.2 Å². The highest BCUT2D eigenvalue weighted by Crippen LogP contribution is 2.55. The van der Waals surface area contributed by atoms with Gasteiger partial charge in [-0.25, -0.2) is 4.39 Å². The van der Waals surface area contributed by atoms with Crippen molar-refractivity contribution in [2.75, 3.05) is 12.4 Å². The summed E-state index contributed by atoms with van der Waals surface area (Å²) < 4.78 is 88.0. The number of ether oxygens (including phenoxy) is 2. The highest BCUT2D eigenvalue weighted by atomic mass is 19.4. The predicted octanol–water partition coefficient (Wildman–Crippen LogP) is 3.55. The molecular formula is C21H20F5N3O4. The minimum Gasteiger partial charge on any atom is -0.493 e. The number of primary amides is 1. The van der Waals surface area contributed by atoms with Crippen LogP contribution in [0.15, 0.2) is 30.4 Å². The number of methoxy groups -OCH3 is 1. The molecule has 33 heavy (non-hydrogen) atoms. The predicted molar refractivity (Wildman–Crippen MR) is 106 cm³/mol. The molecule has 0 aliphatic carbocycles. The van der Waals surface area contributed by atoms with Crippen LogP contribution >= 0.6 is 0 Å². The Bertz CT molecular complexity index is 1150. The van der Waals surface area contributed by atoms with E-state index in [0.29, 0.717) is 6.07 Å². The van der Waals surface area contributed by atoms with E-state index in [1.165, 1.54) is 6.92 Å². The van der Waals surface area contributed by atoms with E-state index >= 15 is 0 Å². The van der Waals surface area contributed by atoms with Crippen molar-refractivity contribution >= 4 is 17.5 Å². The van der Waals surface area contributed by atoms with E-state index in [1.807, 2.05) is 0 Å². The normalized spacial score (nSPS) is 25.5. The van der Waals surface area contributed by atoms with E-state index in [9.17, 15) is 31.5 Å². The number of hydrogen-bond acceptors (Lipinski definition) is 5. The summed E-state index contributed by atoms with van der Waals surface area (Å²) in [5.74, 6) is -8.34. The van der Waals surface area contributed by atoms with Crippen LogP contribution in [0.4, 0.5) is 27.6 Å². The van der Waals surface area contributed by atoms with Gasteiger partial charge in [-0.2, -0.15) is 17.6 Å². The Hall–Kier alpha value is -3.28. The van der Waals surface area contributed by atoms with E-state index < -0.39 is 58.9 Å². The molecule has 2 amide bonds. The van der Waals surface area contributed by atoms with Crippen molar-refractivity contribution in [2.24, 2.45) is 11.7 Å². The van der Waals surface area contributed by atoms with Crippen molar-refractivity contribution in [3.63, 3.8) is 0 Å². The Morgan fingerprint density at radius 3 is 2.58 bits per heavy atom. The van der Waals surface area contributed by atoms with Gasteiger partial charge in [0.25, 0.3) is 11.8 Å². The second-order valence-corrected chi connectivity index (χ2v) is 7.64. The summed E-state index contributed by atoms with van der Waals surface area (Å²) in [6.07, 6.45) is -5.87. The Labute approximate surface area is 186 Å². The maximum absolute atomic E-state index is 14.4. The SMILES string of the molecule is [2H]c1cnc(C(N)=O)cc1NC(=O)C1OC(C)(C(F)(F)F)C(C)C1c1ccc(F)c(F)c1OC. The van der Waals surface area contributed by atoms with Crippen LogP contribution in [0, 0.1) is 17.6 Å². The molecule has 0 saturated carbocycles. The monoisotopic (exact) mass is 474 g/mol. The van der Waals surface area contributed by atoms with E-state index in [0.717, 1.165) is 32.4 Å². The number of pyridine rings is 1. The van der Waals surface area contributed by atoms with E-state index in [-0.39, 0.29) is 23.0 Å². The number of amides is 2. The molecule has 178 valence electrons. The minimum atomic E-state index is -4.93. The number of benzene rings is 1. The standard InChI is InChI=1S/C21H20F5N3O4/c1-9-14(11-4-5-12(22)15(23)16(11)32-3)17(33-20(9,2)21(24,25)26)19(31)29-10-6-7-28-13(8-10)18(27)30/h4-9,14,17H,1-3H3,(H2,27,30)(H,28,29,31)/i6D. The molecule has 1 aromatic heterocycles. The van der Waals surface area contributed by atoms with E-state index in [4.69, 9.17) is 16.6 Å². The van der Waals surface area contributed by atoms with Gasteiger partial charge >= 0.3 is 6.18 Å². The fourth-order valence-corrected chi connectivity index (χ4v) is 3.84. The summed E-state index contributed by atoms with van der Waals surface area (Å²) in [6, 6.07) is 2.36. The second-order valence-electron chi connectivity index (χ2n) is 7.64. The van der Waals surface area contributed by atoms with Crippen molar-refractivity contribution in [2.45, 2.75) is 37.6 Å². The van der Waals surface area contributed by atoms with Crippen molar-refractivity contribution in [1.29, 1.82) is 0 Å². The lowest BCUT2D eigenvalue weighted by molar-refractivity contribution is -0.272. The number of nitrogens with two attached hydrogens (primary N) is 1. The molecule has 1 aromatic carbocycles. The highest BCUT2D eigenvalue weighted by Gasteiger charge is 2.65. The second kappa shape index (κ2) is 8.58. The first-order chi connectivity index (χ1) is 15.7. The number of hydrogen-bond donors (Lipinski definition) is 2. The number of anilines is 1. The summed E-state index contributed by atoms with van der Waals surface area (Å²) in [5, 5.41) is 2.25. The third-order valence-electron chi connectivity index (χ3n) is 5.79. The van der Waals surface area contributed by atoms with Crippen LogP contribution in [0.5, 0.6) is 5.75 Å². The summed E-state index contributed by atoms with van der Waals surface area (Å²) in [7, 11) is 1.01. The van der Waals surface area contributed by atoms with Gasteiger partial charge in [0.15, 0.2) is 17.2 Å². The molecule has 0 spiro atoms. The first kappa shape index (κ1) is 22.9. The third-order valence-corrected chi connectivity index (χ3v) is 5.79. The fourth-order valence-electron chi connectivity index (χ4n) is 3.84. The number of carbonyl (C=O) groups excluding carboxylic acids is 2. The lowest BCUT2D eigenvalue weighted by Crippen LogP contribution is -2.47. The molecule has 0 radical (unpaired) electrons. The van der Waals surface area contributed by atoms with Crippen molar-refractivity contribution < 1.29 is 42.4 Å². The van der Waals surface area contributed by atoms with Crippen molar-refractivity contribution in [3.05, 3.63) is 53.3 Å². The van der Waals surface area contributed by atoms with Gasteiger partial charge in [-0.05, 0) is 25.1 Å². The van der Waals surface area contributed by atoms with Crippen LogP contribution in [0.25, 0.3) is 0 Å². The number of rotatable bonds is 5. The Morgan fingerprint density at radius 1 is 1.33 bits per heavy atom. The van der Waals surface area contributed by atoms with E-state index in [1.54, 1.807) is 0 Å². The van der Waals surface area contributed by atoms with Gasteiger partial charge in [-0.15, -0.1) is 0 Å². The number of aromatic nitrogens is 1. The molecule has 2 heterocycles. The topological polar surface area (TPSA) is 104 Å². The maximum atomic E-state index is 14.4. The van der Waals surface area contributed by atoms with Gasteiger partial charge in [0.1, 0.15) is 11.8 Å². The minimum absolute atomic E-state index is 0.208. The zero-order valence-electron chi connectivity index (χ0n) is 18.6. The molecule has 2 aromatic rings. The zero-order chi connectivity index (χ0) is 25.6. The van der Waals surface area contributed by atoms with Crippen molar-refractivity contribution in [3.8, 4) is 5.75 Å². The molecule has 4 atom stereocenters. The number of halogens is 5. The van der Waals surface area contributed by atoms with Crippen molar-refractivity contribution in [1.82, 2.24) is 4.98 Å². The lowest BCUT2D eigenvalue weighted by atomic mass is 9.77. The highest BCUT2D eigenvalue weighted by molar-refractivity contribution is 5.97. The number of carbonyl (C=O) groups is 2. The average Bonchev–Trinajstić information content (AvgIpc) is 3.03. The van der Waals surface area contributed by atoms with Crippen LogP contribution < -0.4 is 15.8 Å². The molecule has 12 heteroatoms. The molecule has 1 aliphatic rings. The molecule has 3 N–H and O–H groups in total. The molecule has 1 fully saturated rings. The molecule has 0 bridgehead atoms. The summed E-state index contributed by atoms with van der Waals surface area (Å²) in [6.45, 7) is 1.91. The van der Waals surface area contributed by atoms with Gasteiger partial charge in [-0.1, -0.05) is 13.0 Å². The summed E-state index contributed by atoms with van der Waals surface area (Å²) in [5.41, 5.74) is 1.53. The van der Waals surface area contributed by atoms with Crippen LogP contribution in [0.2, 0.25) is 0 Å². The summed E-state index contributed by atoms with van der Waals surface area (Å²) >= 11 is 0. The van der Waals surface area contributed by atoms with Gasteiger partial charge < -0.3 is 20.5 Å². The fraction of sp³-hybridized carbons (Fsp3) is 0.381.